The van der Waals surface area contributed by atoms with E-state index < -0.39 is 0 Å². The molecule has 0 fully saturated rings. The third-order valence-corrected chi connectivity index (χ3v) is 2.71. The molecule has 0 bridgehead atoms. The predicted molar refractivity (Wildman–Crippen MR) is 52.7 cm³/mol. The predicted octanol–water partition coefficient (Wildman–Crippen LogP) is 2.68. The molecule has 12 heavy (non-hydrogen) atoms. The minimum atomic E-state index is -0.375. The van der Waals surface area contributed by atoms with Crippen LogP contribution in [0.3, 0.4) is 0 Å². The number of nitrogens with zero attached hydrogens (tertiary/aromatic N) is 1. The molecule has 0 saturated carbocycles. The number of anilines is 1. The maximum absolute atomic E-state index is 12.9. The van der Waals surface area contributed by atoms with Gasteiger partial charge in [0.25, 0.3) is 0 Å². The first kappa shape index (κ1) is 9.80. The molecule has 0 aromatic carbocycles. The lowest BCUT2D eigenvalue weighted by atomic mass is 10.4. The van der Waals surface area contributed by atoms with Crippen LogP contribution >= 0.6 is 27.7 Å². The fraction of sp³-hybridized carbons (Fsp3) is 0.286. The maximum atomic E-state index is 12.9. The van der Waals surface area contributed by atoms with Crippen molar-refractivity contribution in [3.8, 4) is 0 Å². The van der Waals surface area contributed by atoms with Crippen molar-refractivity contribution in [2.75, 3.05) is 11.5 Å². The van der Waals surface area contributed by atoms with Crippen LogP contribution in [0.25, 0.3) is 0 Å². The van der Waals surface area contributed by atoms with E-state index in [1.165, 1.54) is 17.8 Å². The van der Waals surface area contributed by atoms with Gasteiger partial charge in [0.05, 0.1) is 4.90 Å². The van der Waals surface area contributed by atoms with Crippen LogP contribution < -0.4 is 5.73 Å². The third-order valence-electron chi connectivity index (χ3n) is 1.23. The van der Waals surface area contributed by atoms with Crippen molar-refractivity contribution in [2.24, 2.45) is 0 Å². The van der Waals surface area contributed by atoms with Gasteiger partial charge in [0, 0.05) is 0 Å². The second kappa shape index (κ2) is 4.09. The lowest BCUT2D eigenvalue weighted by Gasteiger charge is -2.03. The lowest BCUT2D eigenvalue weighted by molar-refractivity contribution is 0.609. The Balaban J connectivity index is 3.05. The molecule has 1 aromatic rings. The molecule has 0 amide bonds. The lowest BCUT2D eigenvalue weighted by Crippen LogP contribution is -1.96. The van der Waals surface area contributed by atoms with Crippen molar-refractivity contribution in [3.63, 3.8) is 0 Å². The molecular weight excluding hydrogens is 243 g/mol. The zero-order valence-corrected chi connectivity index (χ0v) is 8.88. The Morgan fingerprint density at radius 1 is 1.75 bits per heavy atom. The highest BCUT2D eigenvalue weighted by molar-refractivity contribution is 9.10. The Kier molecular flexibility index (Phi) is 3.34. The van der Waals surface area contributed by atoms with Gasteiger partial charge < -0.3 is 5.73 Å². The van der Waals surface area contributed by atoms with Gasteiger partial charge >= 0.3 is 0 Å². The topological polar surface area (TPSA) is 38.9 Å². The van der Waals surface area contributed by atoms with Crippen LogP contribution in [0.4, 0.5) is 10.2 Å². The summed E-state index contributed by atoms with van der Waals surface area (Å²) in [5, 5.41) is 0. The van der Waals surface area contributed by atoms with Crippen LogP contribution in [-0.4, -0.2) is 10.7 Å². The van der Waals surface area contributed by atoms with E-state index in [2.05, 4.69) is 20.9 Å². The average molecular weight is 251 g/mol. The molecule has 2 N–H and O–H groups in total. The summed E-state index contributed by atoms with van der Waals surface area (Å²) in [5.74, 6) is 0.850. The number of nitrogens with two attached hydrogens (primary N) is 1. The molecule has 0 aliphatic heterocycles. The molecule has 0 atom stereocenters. The normalized spacial score (nSPS) is 10.2. The van der Waals surface area contributed by atoms with Gasteiger partial charge in [0.15, 0.2) is 5.82 Å². The number of halogens is 2. The second-order valence-corrected chi connectivity index (χ2v) is 4.13. The summed E-state index contributed by atoms with van der Waals surface area (Å²) in [5.41, 5.74) is 5.55. The van der Waals surface area contributed by atoms with E-state index in [1.54, 1.807) is 0 Å². The van der Waals surface area contributed by atoms with Crippen LogP contribution in [0.5, 0.6) is 0 Å². The van der Waals surface area contributed by atoms with Crippen LogP contribution in [0, 0.1) is 5.82 Å². The summed E-state index contributed by atoms with van der Waals surface area (Å²) in [6.07, 6.45) is 0. The van der Waals surface area contributed by atoms with E-state index in [0.717, 1.165) is 5.75 Å². The molecule has 0 spiro atoms. The number of nitrogen functional groups attached to an aromatic ring is 1. The number of thioether (sulfide) groups is 1. The summed E-state index contributed by atoms with van der Waals surface area (Å²) in [7, 11) is 0. The Morgan fingerprint density at radius 3 is 3.00 bits per heavy atom. The van der Waals surface area contributed by atoms with Crippen LogP contribution in [-0.2, 0) is 0 Å². The molecule has 5 heteroatoms. The van der Waals surface area contributed by atoms with Crippen molar-refractivity contribution >= 4 is 33.5 Å². The van der Waals surface area contributed by atoms with Gasteiger partial charge in [-0.2, -0.15) is 0 Å². The van der Waals surface area contributed by atoms with E-state index in [0.29, 0.717) is 10.7 Å². The number of hydrogen-bond donors (Lipinski definition) is 1. The van der Waals surface area contributed by atoms with Crippen LogP contribution in [0.15, 0.2) is 15.6 Å². The zero-order chi connectivity index (χ0) is 9.14. The third kappa shape index (κ3) is 2.10. The SMILES string of the molecule is CCSc1cc(F)c(Br)nc1N. The molecule has 0 aliphatic rings. The Labute approximate surface area is 82.9 Å². The Bertz CT molecular complexity index is 293. The number of rotatable bonds is 2. The molecule has 2 nitrogen and oxygen atoms in total. The molecule has 0 saturated heterocycles. The van der Waals surface area contributed by atoms with Crippen molar-refractivity contribution < 1.29 is 4.39 Å². The minimum absolute atomic E-state index is 0.167. The highest BCUT2D eigenvalue weighted by Crippen LogP contribution is 2.26. The summed E-state index contributed by atoms with van der Waals surface area (Å²) < 4.78 is 13.1. The fourth-order valence-corrected chi connectivity index (χ4v) is 1.73. The zero-order valence-electron chi connectivity index (χ0n) is 6.47. The van der Waals surface area contributed by atoms with Crippen LogP contribution in [0.2, 0.25) is 0 Å². The largest absolute Gasteiger partial charge is 0.383 e. The fourth-order valence-electron chi connectivity index (χ4n) is 0.734. The van der Waals surface area contributed by atoms with Gasteiger partial charge in [0.2, 0.25) is 0 Å². The monoisotopic (exact) mass is 250 g/mol. The van der Waals surface area contributed by atoms with E-state index in [9.17, 15) is 4.39 Å². The van der Waals surface area contributed by atoms with E-state index >= 15 is 0 Å². The first-order valence-electron chi connectivity index (χ1n) is 3.39. The van der Waals surface area contributed by atoms with E-state index in [-0.39, 0.29) is 10.4 Å². The smallest absolute Gasteiger partial charge is 0.157 e. The molecule has 1 heterocycles. The molecule has 0 radical (unpaired) electrons. The quantitative estimate of drug-likeness (QED) is 0.648. The van der Waals surface area contributed by atoms with Crippen molar-refractivity contribution in [1.29, 1.82) is 0 Å². The number of pyridine rings is 1. The summed E-state index contributed by atoms with van der Waals surface area (Å²) in [4.78, 5) is 4.48. The first-order valence-corrected chi connectivity index (χ1v) is 5.17. The van der Waals surface area contributed by atoms with Gasteiger partial charge in [-0.05, 0) is 27.7 Å². The van der Waals surface area contributed by atoms with Crippen molar-refractivity contribution in [2.45, 2.75) is 11.8 Å². The molecule has 0 unspecified atom stereocenters. The second-order valence-electron chi connectivity index (χ2n) is 2.08. The molecule has 1 aromatic heterocycles. The molecule has 1 rings (SSSR count). The summed E-state index contributed by atoms with van der Waals surface area (Å²) >= 11 is 4.43. The van der Waals surface area contributed by atoms with Crippen molar-refractivity contribution in [3.05, 3.63) is 16.5 Å². The highest BCUT2D eigenvalue weighted by Gasteiger charge is 2.06. The van der Waals surface area contributed by atoms with Crippen molar-refractivity contribution in [1.82, 2.24) is 4.98 Å². The average Bonchev–Trinajstić information content (AvgIpc) is 2.01. The van der Waals surface area contributed by atoms with E-state index in [1.807, 2.05) is 6.92 Å². The Morgan fingerprint density at radius 2 is 2.42 bits per heavy atom. The number of hydrogen-bond acceptors (Lipinski definition) is 3. The standard InChI is InChI=1S/C7H8BrFN2S/c1-2-12-5-3-4(9)6(8)11-7(5)10/h3H,2H2,1H3,(H2,10,11). The van der Waals surface area contributed by atoms with Gasteiger partial charge in [-0.3, -0.25) is 0 Å². The maximum Gasteiger partial charge on any atom is 0.157 e. The first-order chi connectivity index (χ1) is 5.65. The van der Waals surface area contributed by atoms with E-state index in [4.69, 9.17) is 5.73 Å². The minimum Gasteiger partial charge on any atom is -0.383 e. The van der Waals surface area contributed by atoms with Crippen LogP contribution in [0.1, 0.15) is 6.92 Å². The number of aromatic nitrogens is 1. The highest BCUT2D eigenvalue weighted by atomic mass is 79.9. The summed E-state index contributed by atoms with van der Waals surface area (Å²) in [6, 6.07) is 1.39. The van der Waals surface area contributed by atoms with Gasteiger partial charge in [0.1, 0.15) is 10.4 Å². The molecular formula is C7H8BrFN2S. The van der Waals surface area contributed by atoms with Gasteiger partial charge in [-0.1, -0.05) is 6.92 Å². The molecule has 66 valence electrons. The van der Waals surface area contributed by atoms with Gasteiger partial charge in [-0.25, -0.2) is 9.37 Å². The molecule has 0 aliphatic carbocycles. The Hall–Kier alpha value is -0.290. The summed E-state index contributed by atoms with van der Waals surface area (Å²) in [6.45, 7) is 1.98. The van der Waals surface area contributed by atoms with Gasteiger partial charge in [-0.15, -0.1) is 11.8 Å².